The van der Waals surface area contributed by atoms with E-state index in [1.807, 2.05) is 0 Å². The van der Waals surface area contributed by atoms with Gasteiger partial charge in [-0.1, -0.05) is 25.7 Å². The van der Waals surface area contributed by atoms with Crippen LogP contribution in [0.1, 0.15) is 48.9 Å². The smallest absolute Gasteiger partial charge is 0.344 e. The van der Waals surface area contributed by atoms with E-state index in [1.165, 1.54) is 58.2 Å². The Bertz CT molecular complexity index is 415. The van der Waals surface area contributed by atoms with Gasteiger partial charge in [-0.3, -0.25) is 0 Å². The molecule has 5 heteroatoms. The summed E-state index contributed by atoms with van der Waals surface area (Å²) in [7, 11) is 1.34. The quantitative estimate of drug-likeness (QED) is 0.618. The van der Waals surface area contributed by atoms with E-state index in [0.29, 0.717) is 24.0 Å². The molecular formula is C14H20N2O3. The van der Waals surface area contributed by atoms with Crippen LogP contribution in [-0.2, 0) is 4.74 Å². The van der Waals surface area contributed by atoms with Crippen molar-refractivity contribution in [1.82, 2.24) is 9.97 Å². The summed E-state index contributed by atoms with van der Waals surface area (Å²) < 4.78 is 10.4. The van der Waals surface area contributed by atoms with E-state index in [0.717, 1.165) is 0 Å². The molecule has 5 nitrogen and oxygen atoms in total. The minimum atomic E-state index is -0.462. The topological polar surface area (TPSA) is 61.3 Å². The first-order valence-corrected chi connectivity index (χ1v) is 6.82. The second-order valence-corrected chi connectivity index (χ2v) is 4.90. The molecule has 0 amide bonds. The Morgan fingerprint density at radius 3 is 2.74 bits per heavy atom. The van der Waals surface area contributed by atoms with Crippen LogP contribution in [0.25, 0.3) is 0 Å². The number of carbonyl (C=O) groups is 1. The number of hydrogen-bond donors (Lipinski definition) is 0. The van der Waals surface area contributed by atoms with E-state index in [9.17, 15) is 4.79 Å². The van der Waals surface area contributed by atoms with Crippen LogP contribution < -0.4 is 4.74 Å². The molecule has 1 aliphatic carbocycles. The van der Waals surface area contributed by atoms with Crippen molar-refractivity contribution in [3.63, 3.8) is 0 Å². The zero-order chi connectivity index (χ0) is 13.5. The van der Waals surface area contributed by atoms with Crippen LogP contribution in [0.3, 0.4) is 0 Å². The Balaban J connectivity index is 1.96. The maximum Gasteiger partial charge on any atom is 0.344 e. The van der Waals surface area contributed by atoms with Gasteiger partial charge in [0.05, 0.1) is 13.7 Å². The van der Waals surface area contributed by atoms with Gasteiger partial charge in [-0.05, 0) is 18.8 Å². The van der Waals surface area contributed by atoms with Crippen molar-refractivity contribution in [3.8, 4) is 5.88 Å². The van der Waals surface area contributed by atoms with E-state index in [2.05, 4.69) is 14.7 Å². The predicted molar refractivity (Wildman–Crippen MR) is 70.1 cm³/mol. The molecule has 104 valence electrons. The molecule has 0 spiro atoms. The van der Waals surface area contributed by atoms with E-state index < -0.39 is 5.97 Å². The molecule has 0 unspecified atom stereocenters. The van der Waals surface area contributed by atoms with Crippen molar-refractivity contribution >= 4 is 5.97 Å². The maximum absolute atomic E-state index is 11.6. The molecule has 19 heavy (non-hydrogen) atoms. The Hall–Kier alpha value is -1.65. The van der Waals surface area contributed by atoms with E-state index in [1.54, 1.807) is 0 Å². The molecule has 1 fully saturated rings. The summed E-state index contributed by atoms with van der Waals surface area (Å²) >= 11 is 0. The van der Waals surface area contributed by atoms with Gasteiger partial charge in [-0.15, -0.1) is 0 Å². The molecule has 1 saturated carbocycles. The lowest BCUT2D eigenvalue weighted by molar-refractivity contribution is 0.0593. The molecule has 0 N–H and O–H groups in total. The molecule has 2 rings (SSSR count). The van der Waals surface area contributed by atoms with Crippen LogP contribution in [0.2, 0.25) is 0 Å². The number of rotatable bonds is 4. The molecule has 1 heterocycles. The van der Waals surface area contributed by atoms with Crippen LogP contribution in [0.15, 0.2) is 12.5 Å². The first-order valence-electron chi connectivity index (χ1n) is 6.82. The van der Waals surface area contributed by atoms with Crippen LogP contribution in [-0.4, -0.2) is 29.7 Å². The number of methoxy groups -OCH3 is 1. The third kappa shape index (κ3) is 3.91. The normalized spacial score (nSPS) is 16.7. The van der Waals surface area contributed by atoms with Gasteiger partial charge in [-0.25, -0.2) is 14.8 Å². The Morgan fingerprint density at radius 1 is 1.32 bits per heavy atom. The number of esters is 1. The zero-order valence-electron chi connectivity index (χ0n) is 11.3. The van der Waals surface area contributed by atoms with Gasteiger partial charge in [-0.2, -0.15) is 0 Å². The molecular weight excluding hydrogens is 244 g/mol. The lowest BCUT2D eigenvalue weighted by atomic mass is 10.0. The van der Waals surface area contributed by atoms with Gasteiger partial charge in [0.1, 0.15) is 11.9 Å². The van der Waals surface area contributed by atoms with Crippen molar-refractivity contribution in [3.05, 3.63) is 18.1 Å². The second-order valence-electron chi connectivity index (χ2n) is 4.90. The molecule has 1 aromatic heterocycles. The minimum Gasteiger partial charge on any atom is -0.477 e. The highest BCUT2D eigenvalue weighted by Gasteiger charge is 2.17. The van der Waals surface area contributed by atoms with Gasteiger partial charge in [0.2, 0.25) is 5.88 Å². The fourth-order valence-corrected chi connectivity index (χ4v) is 2.41. The zero-order valence-corrected chi connectivity index (χ0v) is 11.3. The van der Waals surface area contributed by atoms with E-state index in [4.69, 9.17) is 4.74 Å². The lowest BCUT2D eigenvalue weighted by Gasteiger charge is -2.15. The van der Waals surface area contributed by atoms with Gasteiger partial charge < -0.3 is 9.47 Å². The lowest BCUT2D eigenvalue weighted by Crippen LogP contribution is -2.14. The molecule has 0 atom stereocenters. The minimum absolute atomic E-state index is 0.290. The molecule has 0 aromatic carbocycles. The van der Waals surface area contributed by atoms with Gasteiger partial charge in [0.15, 0.2) is 0 Å². The van der Waals surface area contributed by atoms with Crippen LogP contribution in [0, 0.1) is 5.92 Å². The monoisotopic (exact) mass is 264 g/mol. The Morgan fingerprint density at radius 2 is 2.05 bits per heavy atom. The highest BCUT2D eigenvalue weighted by molar-refractivity contribution is 5.91. The van der Waals surface area contributed by atoms with E-state index in [-0.39, 0.29) is 0 Å². The third-order valence-corrected chi connectivity index (χ3v) is 3.51. The fourth-order valence-electron chi connectivity index (χ4n) is 2.41. The summed E-state index contributed by atoms with van der Waals surface area (Å²) in [5.41, 5.74) is 0.290. The second kappa shape index (κ2) is 7.07. The van der Waals surface area contributed by atoms with Crippen LogP contribution >= 0.6 is 0 Å². The molecule has 0 bridgehead atoms. The highest BCUT2D eigenvalue weighted by atomic mass is 16.5. The average Bonchev–Trinajstić information content (AvgIpc) is 2.73. The average molecular weight is 264 g/mol. The number of nitrogens with zero attached hydrogens (tertiary/aromatic N) is 2. The third-order valence-electron chi connectivity index (χ3n) is 3.51. The van der Waals surface area contributed by atoms with Crippen molar-refractivity contribution in [2.24, 2.45) is 5.92 Å². The molecule has 0 saturated heterocycles. The number of aromatic nitrogens is 2. The molecule has 1 aliphatic rings. The Kier molecular flexibility index (Phi) is 5.12. The van der Waals surface area contributed by atoms with Crippen molar-refractivity contribution in [2.45, 2.75) is 38.5 Å². The number of carbonyl (C=O) groups excluding carboxylic acids is 1. The fraction of sp³-hybridized carbons (Fsp3) is 0.643. The summed E-state index contributed by atoms with van der Waals surface area (Å²) in [6.07, 6.45) is 10.4. The largest absolute Gasteiger partial charge is 0.477 e. The van der Waals surface area contributed by atoms with Gasteiger partial charge >= 0.3 is 5.97 Å². The molecule has 1 aromatic rings. The summed E-state index contributed by atoms with van der Waals surface area (Å²) in [5, 5.41) is 0. The highest BCUT2D eigenvalue weighted by Crippen LogP contribution is 2.24. The van der Waals surface area contributed by atoms with Gasteiger partial charge in [0.25, 0.3) is 0 Å². The SMILES string of the molecule is COC(=O)c1cncnc1OCC1CCCCCC1. The summed E-state index contributed by atoms with van der Waals surface area (Å²) in [6.45, 7) is 0.612. The maximum atomic E-state index is 11.6. The molecule has 0 radical (unpaired) electrons. The van der Waals surface area contributed by atoms with Gasteiger partial charge in [0, 0.05) is 6.20 Å². The van der Waals surface area contributed by atoms with Crippen LogP contribution in [0.4, 0.5) is 0 Å². The number of hydrogen-bond acceptors (Lipinski definition) is 5. The first kappa shape index (κ1) is 13.8. The molecule has 0 aliphatic heterocycles. The summed E-state index contributed by atoms with van der Waals surface area (Å²) in [6, 6.07) is 0. The predicted octanol–water partition coefficient (Wildman–Crippen LogP) is 2.61. The van der Waals surface area contributed by atoms with E-state index >= 15 is 0 Å². The Labute approximate surface area is 113 Å². The standard InChI is InChI=1S/C14H20N2O3/c1-18-14(17)12-8-15-10-16-13(12)19-9-11-6-4-2-3-5-7-11/h8,10-11H,2-7,9H2,1H3. The summed E-state index contributed by atoms with van der Waals surface area (Å²) in [5.74, 6) is 0.422. The van der Waals surface area contributed by atoms with Crippen molar-refractivity contribution < 1.29 is 14.3 Å². The first-order chi connectivity index (χ1) is 9.31. The summed E-state index contributed by atoms with van der Waals surface area (Å²) in [4.78, 5) is 19.4. The van der Waals surface area contributed by atoms with Crippen molar-refractivity contribution in [1.29, 1.82) is 0 Å². The number of ether oxygens (including phenoxy) is 2. The van der Waals surface area contributed by atoms with Crippen LogP contribution in [0.5, 0.6) is 5.88 Å². The van der Waals surface area contributed by atoms with Crippen molar-refractivity contribution in [2.75, 3.05) is 13.7 Å².